The molecule has 3 N–H and O–H groups in total. The lowest BCUT2D eigenvalue weighted by molar-refractivity contribution is 0.0997. The van der Waals surface area contributed by atoms with E-state index in [1.165, 1.54) is 17.7 Å². The van der Waals surface area contributed by atoms with Gasteiger partial charge in [-0.05, 0) is 19.1 Å². The Morgan fingerprint density at radius 2 is 2.14 bits per heavy atom. The SMILES string of the molecule is Cc1csc(=Nc2nc[nH]c2C(N)=O)n1-c1ccccc1. The average Bonchev–Trinajstić information content (AvgIpc) is 3.07. The van der Waals surface area contributed by atoms with E-state index in [1.807, 2.05) is 47.2 Å². The first kappa shape index (κ1) is 13.3. The number of aromatic amines is 1. The number of nitrogens with zero attached hydrogens (tertiary/aromatic N) is 3. The van der Waals surface area contributed by atoms with Gasteiger partial charge in [-0.25, -0.2) is 4.98 Å². The van der Waals surface area contributed by atoms with Gasteiger partial charge >= 0.3 is 0 Å². The zero-order chi connectivity index (χ0) is 14.8. The number of hydrogen-bond donors (Lipinski definition) is 2. The molecule has 0 radical (unpaired) electrons. The summed E-state index contributed by atoms with van der Waals surface area (Å²) in [5, 5.41) is 2.00. The second-order valence-electron chi connectivity index (χ2n) is 4.41. The van der Waals surface area contributed by atoms with Crippen LogP contribution in [0.25, 0.3) is 5.69 Å². The van der Waals surface area contributed by atoms with Crippen molar-refractivity contribution in [3.8, 4) is 5.69 Å². The van der Waals surface area contributed by atoms with Crippen molar-refractivity contribution in [1.82, 2.24) is 14.5 Å². The summed E-state index contributed by atoms with van der Waals surface area (Å²) < 4.78 is 2.00. The summed E-state index contributed by atoms with van der Waals surface area (Å²) in [4.78, 5) is 23.3. The number of nitrogens with one attached hydrogen (secondary N) is 1. The second kappa shape index (κ2) is 5.37. The van der Waals surface area contributed by atoms with Crippen LogP contribution in [0, 0.1) is 6.92 Å². The molecule has 0 spiro atoms. The molecule has 0 aliphatic carbocycles. The predicted octanol–water partition coefficient (Wildman–Crippen LogP) is 1.90. The zero-order valence-electron chi connectivity index (χ0n) is 11.3. The molecule has 3 rings (SSSR count). The number of amides is 1. The number of imidazole rings is 1. The van der Waals surface area contributed by atoms with Crippen LogP contribution in [0.3, 0.4) is 0 Å². The van der Waals surface area contributed by atoms with Gasteiger partial charge in [0.15, 0.2) is 16.3 Å². The van der Waals surface area contributed by atoms with E-state index in [-0.39, 0.29) is 5.69 Å². The number of H-pyrrole nitrogens is 1. The molecule has 0 aliphatic rings. The highest BCUT2D eigenvalue weighted by Crippen LogP contribution is 2.14. The van der Waals surface area contributed by atoms with Crippen LogP contribution in [-0.2, 0) is 0 Å². The van der Waals surface area contributed by atoms with Gasteiger partial charge in [0.2, 0.25) is 0 Å². The van der Waals surface area contributed by atoms with Crippen molar-refractivity contribution in [2.75, 3.05) is 0 Å². The molecule has 0 atom stereocenters. The minimum absolute atomic E-state index is 0.209. The Labute approximate surface area is 124 Å². The maximum Gasteiger partial charge on any atom is 0.269 e. The van der Waals surface area contributed by atoms with Gasteiger partial charge < -0.3 is 10.7 Å². The van der Waals surface area contributed by atoms with Crippen molar-refractivity contribution in [2.24, 2.45) is 10.7 Å². The Kier molecular flexibility index (Phi) is 3.41. The molecule has 0 aliphatic heterocycles. The van der Waals surface area contributed by atoms with Gasteiger partial charge in [-0.1, -0.05) is 18.2 Å². The molecule has 0 saturated carbocycles. The third-order valence-corrected chi connectivity index (χ3v) is 3.90. The summed E-state index contributed by atoms with van der Waals surface area (Å²) in [7, 11) is 0. The number of aryl methyl sites for hydroxylation is 1. The Hall–Kier alpha value is -2.67. The van der Waals surface area contributed by atoms with E-state index in [0.29, 0.717) is 5.82 Å². The number of thiazole rings is 1. The van der Waals surface area contributed by atoms with Crippen molar-refractivity contribution < 1.29 is 4.79 Å². The topological polar surface area (TPSA) is 89.1 Å². The number of carbonyl (C=O) groups excluding carboxylic acids is 1. The quantitative estimate of drug-likeness (QED) is 0.773. The lowest BCUT2D eigenvalue weighted by atomic mass is 10.3. The first-order chi connectivity index (χ1) is 10.2. The molecule has 21 heavy (non-hydrogen) atoms. The first-order valence-corrected chi connectivity index (χ1v) is 7.15. The summed E-state index contributed by atoms with van der Waals surface area (Å²) in [5.74, 6) is -0.278. The highest BCUT2D eigenvalue weighted by molar-refractivity contribution is 7.07. The lowest BCUT2D eigenvalue weighted by Gasteiger charge is -2.05. The fourth-order valence-electron chi connectivity index (χ4n) is 2.01. The largest absolute Gasteiger partial charge is 0.364 e. The number of para-hydroxylation sites is 1. The zero-order valence-corrected chi connectivity index (χ0v) is 12.1. The van der Waals surface area contributed by atoms with E-state index in [9.17, 15) is 4.79 Å². The summed E-state index contributed by atoms with van der Waals surface area (Å²) in [6.45, 7) is 2.00. The molecule has 2 heterocycles. The molecular weight excluding hydrogens is 286 g/mol. The van der Waals surface area contributed by atoms with Crippen molar-refractivity contribution in [2.45, 2.75) is 6.92 Å². The summed E-state index contributed by atoms with van der Waals surface area (Å²) in [6.07, 6.45) is 1.41. The molecule has 0 unspecified atom stereocenters. The van der Waals surface area contributed by atoms with E-state index in [4.69, 9.17) is 5.73 Å². The molecule has 6 nitrogen and oxygen atoms in total. The van der Waals surface area contributed by atoms with Gasteiger partial charge in [0.1, 0.15) is 0 Å². The number of aromatic nitrogens is 3. The molecule has 0 fully saturated rings. The molecule has 106 valence electrons. The van der Waals surface area contributed by atoms with Crippen molar-refractivity contribution in [3.63, 3.8) is 0 Å². The summed E-state index contributed by atoms with van der Waals surface area (Å²) >= 11 is 1.48. The number of benzene rings is 1. The molecule has 2 aromatic heterocycles. The van der Waals surface area contributed by atoms with E-state index in [1.54, 1.807) is 0 Å². The number of hydrogen-bond acceptors (Lipinski definition) is 4. The van der Waals surface area contributed by atoms with Crippen LogP contribution in [0.1, 0.15) is 16.2 Å². The fourth-order valence-corrected chi connectivity index (χ4v) is 2.88. The van der Waals surface area contributed by atoms with E-state index < -0.39 is 5.91 Å². The monoisotopic (exact) mass is 299 g/mol. The number of nitrogens with two attached hydrogens (primary N) is 1. The maximum absolute atomic E-state index is 11.3. The Morgan fingerprint density at radius 1 is 1.38 bits per heavy atom. The fraction of sp³-hybridized carbons (Fsp3) is 0.0714. The van der Waals surface area contributed by atoms with Crippen LogP contribution in [0.5, 0.6) is 0 Å². The van der Waals surface area contributed by atoms with E-state index in [2.05, 4.69) is 15.0 Å². The Balaban J connectivity index is 2.18. The van der Waals surface area contributed by atoms with E-state index in [0.717, 1.165) is 16.2 Å². The Bertz CT molecular complexity index is 844. The van der Waals surface area contributed by atoms with Gasteiger partial charge in [-0.3, -0.25) is 9.36 Å². The molecular formula is C14H13N5OS. The molecule has 3 aromatic rings. The van der Waals surface area contributed by atoms with Crippen molar-refractivity contribution in [1.29, 1.82) is 0 Å². The average molecular weight is 299 g/mol. The normalized spacial score (nSPS) is 11.8. The Morgan fingerprint density at radius 3 is 2.86 bits per heavy atom. The van der Waals surface area contributed by atoms with Gasteiger partial charge in [0.05, 0.1) is 6.33 Å². The molecule has 0 bridgehead atoms. The van der Waals surface area contributed by atoms with Gasteiger partial charge in [0, 0.05) is 16.8 Å². The molecule has 1 amide bonds. The van der Waals surface area contributed by atoms with Crippen LogP contribution >= 0.6 is 11.3 Å². The van der Waals surface area contributed by atoms with Crippen molar-refractivity contribution >= 4 is 23.1 Å². The smallest absolute Gasteiger partial charge is 0.269 e. The van der Waals surface area contributed by atoms with Crippen LogP contribution in [0.15, 0.2) is 47.0 Å². The first-order valence-electron chi connectivity index (χ1n) is 6.27. The number of rotatable bonds is 3. The maximum atomic E-state index is 11.3. The standard InChI is InChI=1S/C14H13N5OS/c1-9-7-21-14(19(9)10-5-3-2-4-6-10)18-13-11(12(15)20)16-8-17-13/h2-8H,1H3,(H2,15,20)(H,16,17). The predicted molar refractivity (Wildman–Crippen MR) is 80.7 cm³/mol. The second-order valence-corrected chi connectivity index (χ2v) is 5.24. The summed E-state index contributed by atoms with van der Waals surface area (Å²) in [5.41, 5.74) is 7.56. The molecule has 0 saturated heterocycles. The summed E-state index contributed by atoms with van der Waals surface area (Å²) in [6, 6.07) is 9.89. The minimum Gasteiger partial charge on any atom is -0.364 e. The van der Waals surface area contributed by atoms with E-state index >= 15 is 0 Å². The highest BCUT2D eigenvalue weighted by atomic mass is 32.1. The minimum atomic E-state index is -0.578. The highest BCUT2D eigenvalue weighted by Gasteiger charge is 2.11. The third-order valence-electron chi connectivity index (χ3n) is 2.96. The van der Waals surface area contributed by atoms with Crippen molar-refractivity contribution in [3.05, 3.63) is 58.2 Å². The molecule has 1 aromatic carbocycles. The van der Waals surface area contributed by atoms with Crippen LogP contribution in [0.4, 0.5) is 5.82 Å². The van der Waals surface area contributed by atoms with Crippen LogP contribution in [0.2, 0.25) is 0 Å². The van der Waals surface area contributed by atoms with Gasteiger partial charge in [0.25, 0.3) is 5.91 Å². The number of carbonyl (C=O) groups is 1. The van der Waals surface area contributed by atoms with Crippen LogP contribution < -0.4 is 10.5 Å². The van der Waals surface area contributed by atoms with Crippen LogP contribution in [-0.4, -0.2) is 20.4 Å². The van der Waals surface area contributed by atoms with Gasteiger partial charge in [-0.2, -0.15) is 4.99 Å². The lowest BCUT2D eigenvalue weighted by Crippen LogP contribution is -2.15. The molecule has 7 heteroatoms. The number of primary amides is 1. The van der Waals surface area contributed by atoms with Gasteiger partial charge in [-0.15, -0.1) is 11.3 Å². The third kappa shape index (κ3) is 2.50.